The topological polar surface area (TPSA) is 54.0 Å². The molecular formula is C22H31N3O3. The molecule has 2 unspecified atom stereocenters. The van der Waals surface area contributed by atoms with Crippen LogP contribution in [0.15, 0.2) is 30.3 Å². The zero-order valence-corrected chi connectivity index (χ0v) is 17.5. The van der Waals surface area contributed by atoms with Gasteiger partial charge in [0.25, 0.3) is 0 Å². The monoisotopic (exact) mass is 385 g/mol. The lowest BCUT2D eigenvalue weighted by Crippen LogP contribution is -2.52. The summed E-state index contributed by atoms with van der Waals surface area (Å²) in [4.78, 5) is 17.0. The minimum atomic E-state index is -0.173. The smallest absolute Gasteiger partial charge is 0.318 e. The Hall–Kier alpha value is -2.47. The number of carbonyl (C=O) groups is 1. The molecule has 0 spiro atoms. The summed E-state index contributed by atoms with van der Waals surface area (Å²) < 4.78 is 11.1. The van der Waals surface area contributed by atoms with Crippen molar-refractivity contribution < 1.29 is 14.3 Å². The van der Waals surface area contributed by atoms with Crippen molar-refractivity contribution in [1.82, 2.24) is 15.1 Å². The van der Waals surface area contributed by atoms with Crippen LogP contribution in [0, 0.1) is 0 Å². The first kappa shape index (κ1) is 20.3. The molecule has 0 aromatic heterocycles. The third-order valence-electron chi connectivity index (χ3n) is 5.74. The van der Waals surface area contributed by atoms with Crippen molar-refractivity contribution in [2.75, 3.05) is 34.9 Å². The fourth-order valence-corrected chi connectivity index (χ4v) is 4.13. The number of urea groups is 1. The van der Waals surface area contributed by atoms with Crippen LogP contribution in [0.3, 0.4) is 0 Å². The van der Waals surface area contributed by atoms with Crippen molar-refractivity contribution >= 4 is 16.8 Å². The number of amides is 2. The third kappa shape index (κ3) is 3.87. The number of hydrogen-bond donors (Lipinski definition) is 1. The van der Waals surface area contributed by atoms with Gasteiger partial charge >= 0.3 is 6.03 Å². The van der Waals surface area contributed by atoms with Gasteiger partial charge in [-0.3, -0.25) is 4.90 Å². The summed E-state index contributed by atoms with van der Waals surface area (Å²) in [7, 11) is 7.28. The fourth-order valence-electron chi connectivity index (χ4n) is 4.13. The summed E-state index contributed by atoms with van der Waals surface area (Å²) in [5, 5.41) is 5.10. The molecule has 0 aliphatic carbocycles. The molecule has 1 fully saturated rings. The lowest BCUT2D eigenvalue weighted by atomic mass is 9.98. The van der Waals surface area contributed by atoms with Gasteiger partial charge in [-0.2, -0.15) is 0 Å². The highest BCUT2D eigenvalue weighted by atomic mass is 16.5. The predicted octanol–water partition coefficient (Wildman–Crippen LogP) is 4.00. The van der Waals surface area contributed by atoms with Crippen molar-refractivity contribution in [1.29, 1.82) is 0 Å². The minimum Gasteiger partial charge on any atom is -0.496 e. The molecule has 2 aromatic carbocycles. The highest BCUT2D eigenvalue weighted by Gasteiger charge is 2.27. The van der Waals surface area contributed by atoms with Gasteiger partial charge in [0.1, 0.15) is 11.5 Å². The molecule has 1 N–H and O–H groups in total. The fraction of sp³-hybridized carbons (Fsp3) is 0.500. The second kappa shape index (κ2) is 8.69. The number of carbonyl (C=O) groups excluding carboxylic acids is 1. The molecule has 152 valence electrons. The van der Waals surface area contributed by atoms with Crippen LogP contribution >= 0.6 is 0 Å². The average Bonchev–Trinajstić information content (AvgIpc) is 2.72. The predicted molar refractivity (Wildman–Crippen MR) is 112 cm³/mol. The minimum absolute atomic E-state index is 0.0647. The van der Waals surface area contributed by atoms with Crippen molar-refractivity contribution in [3.05, 3.63) is 35.9 Å². The van der Waals surface area contributed by atoms with Gasteiger partial charge in [0.2, 0.25) is 0 Å². The molecule has 1 aliphatic rings. The van der Waals surface area contributed by atoms with E-state index < -0.39 is 0 Å². The van der Waals surface area contributed by atoms with Crippen molar-refractivity contribution in [2.45, 2.75) is 38.4 Å². The molecule has 28 heavy (non-hydrogen) atoms. The standard InChI is InChI=1S/C22H31N3O3/c1-15(23-22(26)25(3)20-11-6-7-14-24(20)2)16-12-13-18(27-4)17-9-8-10-19(28-5)21(16)17/h8-10,12-13,15,20H,6-7,11,14H2,1-5H3,(H,23,26). The largest absolute Gasteiger partial charge is 0.496 e. The number of rotatable bonds is 5. The number of piperidine rings is 1. The summed E-state index contributed by atoms with van der Waals surface area (Å²) >= 11 is 0. The van der Waals surface area contributed by atoms with Crippen LogP contribution in [0.25, 0.3) is 10.8 Å². The second-order valence-corrected chi connectivity index (χ2v) is 7.48. The Morgan fingerprint density at radius 1 is 1.18 bits per heavy atom. The molecule has 2 amide bonds. The maximum absolute atomic E-state index is 12.9. The van der Waals surface area contributed by atoms with Crippen LogP contribution in [0.2, 0.25) is 0 Å². The van der Waals surface area contributed by atoms with E-state index in [-0.39, 0.29) is 18.2 Å². The van der Waals surface area contributed by atoms with Crippen molar-refractivity contribution in [2.24, 2.45) is 0 Å². The van der Waals surface area contributed by atoms with Gasteiger partial charge in [-0.1, -0.05) is 18.2 Å². The number of nitrogens with zero attached hydrogens (tertiary/aromatic N) is 2. The van der Waals surface area contributed by atoms with Gasteiger partial charge in [0, 0.05) is 17.8 Å². The first-order chi connectivity index (χ1) is 13.5. The van der Waals surface area contributed by atoms with E-state index in [1.54, 1.807) is 14.2 Å². The van der Waals surface area contributed by atoms with Crippen LogP contribution in [0.1, 0.15) is 37.8 Å². The number of benzene rings is 2. The zero-order valence-electron chi connectivity index (χ0n) is 17.5. The Labute approximate surface area is 167 Å². The summed E-state index contributed by atoms with van der Waals surface area (Å²) in [5.74, 6) is 1.56. The molecule has 0 radical (unpaired) electrons. The van der Waals surface area contributed by atoms with Crippen LogP contribution in [-0.4, -0.2) is 56.9 Å². The molecule has 1 heterocycles. The van der Waals surface area contributed by atoms with Crippen LogP contribution in [0.5, 0.6) is 11.5 Å². The van der Waals surface area contributed by atoms with Gasteiger partial charge < -0.3 is 19.7 Å². The van der Waals surface area contributed by atoms with E-state index in [0.717, 1.165) is 47.2 Å². The maximum Gasteiger partial charge on any atom is 0.318 e. The van der Waals surface area contributed by atoms with Crippen molar-refractivity contribution in [3.63, 3.8) is 0 Å². The Balaban J connectivity index is 1.87. The summed E-state index contributed by atoms with van der Waals surface area (Å²) in [5.41, 5.74) is 1.01. The van der Waals surface area contributed by atoms with Gasteiger partial charge in [-0.25, -0.2) is 4.79 Å². The lowest BCUT2D eigenvalue weighted by Gasteiger charge is -2.39. The summed E-state index contributed by atoms with van der Waals surface area (Å²) in [6.45, 7) is 3.03. The molecule has 2 aromatic rings. The number of nitrogens with one attached hydrogen (secondary N) is 1. The number of likely N-dealkylation sites (tertiary alicyclic amines) is 1. The van der Waals surface area contributed by atoms with Crippen LogP contribution < -0.4 is 14.8 Å². The van der Waals surface area contributed by atoms with E-state index in [4.69, 9.17) is 9.47 Å². The Kier molecular flexibility index (Phi) is 6.29. The highest BCUT2D eigenvalue weighted by molar-refractivity contribution is 5.96. The average molecular weight is 386 g/mol. The number of ether oxygens (including phenoxy) is 2. The van der Waals surface area contributed by atoms with E-state index in [1.807, 2.05) is 49.2 Å². The molecule has 2 atom stereocenters. The normalized spacial score (nSPS) is 18.5. The van der Waals surface area contributed by atoms with E-state index in [1.165, 1.54) is 6.42 Å². The van der Waals surface area contributed by atoms with Gasteiger partial charge in [-0.05, 0) is 57.5 Å². The number of fused-ring (bicyclic) bond motifs is 1. The number of methoxy groups -OCH3 is 2. The first-order valence-corrected chi connectivity index (χ1v) is 9.85. The Bertz CT molecular complexity index is 839. The molecule has 1 aliphatic heterocycles. The molecular weight excluding hydrogens is 354 g/mol. The molecule has 0 saturated carbocycles. The molecule has 6 nitrogen and oxygen atoms in total. The Morgan fingerprint density at radius 2 is 1.93 bits per heavy atom. The van der Waals surface area contributed by atoms with E-state index in [0.29, 0.717) is 0 Å². The van der Waals surface area contributed by atoms with Crippen LogP contribution in [0.4, 0.5) is 4.79 Å². The zero-order chi connectivity index (χ0) is 20.3. The van der Waals surface area contributed by atoms with Crippen molar-refractivity contribution in [3.8, 4) is 11.5 Å². The highest BCUT2D eigenvalue weighted by Crippen LogP contribution is 2.37. The molecule has 1 saturated heterocycles. The van der Waals surface area contributed by atoms with Crippen LogP contribution in [-0.2, 0) is 0 Å². The van der Waals surface area contributed by atoms with E-state index in [2.05, 4.69) is 17.3 Å². The SMILES string of the molecule is COc1ccc(C(C)NC(=O)N(C)C2CCCCN2C)c2c(OC)cccc12. The quantitative estimate of drug-likeness (QED) is 0.845. The van der Waals surface area contributed by atoms with Gasteiger partial charge in [0.05, 0.1) is 26.4 Å². The summed E-state index contributed by atoms with van der Waals surface area (Å²) in [6, 6.07) is 9.60. The molecule has 6 heteroatoms. The second-order valence-electron chi connectivity index (χ2n) is 7.48. The summed E-state index contributed by atoms with van der Waals surface area (Å²) in [6.07, 6.45) is 3.50. The third-order valence-corrected chi connectivity index (χ3v) is 5.74. The Morgan fingerprint density at radius 3 is 2.61 bits per heavy atom. The molecule has 3 rings (SSSR count). The van der Waals surface area contributed by atoms with Gasteiger partial charge in [0.15, 0.2) is 0 Å². The lowest BCUT2D eigenvalue weighted by molar-refractivity contribution is 0.0697. The number of hydrogen-bond acceptors (Lipinski definition) is 4. The molecule has 0 bridgehead atoms. The maximum atomic E-state index is 12.9. The van der Waals surface area contributed by atoms with E-state index in [9.17, 15) is 4.79 Å². The van der Waals surface area contributed by atoms with Gasteiger partial charge in [-0.15, -0.1) is 0 Å². The first-order valence-electron chi connectivity index (χ1n) is 9.85. The van der Waals surface area contributed by atoms with E-state index >= 15 is 0 Å².